The van der Waals surface area contributed by atoms with Crippen LogP contribution in [0.5, 0.6) is 0 Å². The molecule has 0 heterocycles. The molecule has 5 nitrogen and oxygen atoms in total. The third kappa shape index (κ3) is 8.11. The van der Waals surface area contributed by atoms with Gasteiger partial charge in [-0.3, -0.25) is 0 Å². The Labute approximate surface area is 324 Å². The number of hydrogen-bond acceptors (Lipinski definition) is 4. The first-order valence-electron chi connectivity index (χ1n) is 19.3. The molecule has 1 aliphatic rings. The third-order valence-electron chi connectivity index (χ3n) is 11.3. The van der Waals surface area contributed by atoms with E-state index >= 15 is 0 Å². The van der Waals surface area contributed by atoms with Gasteiger partial charge in [-0.1, -0.05) is 65.8 Å². The van der Waals surface area contributed by atoms with Gasteiger partial charge in [0.25, 0.3) is 0 Å². The molecule has 1 aliphatic carbocycles. The number of hydrogen-bond donors (Lipinski definition) is 2. The largest absolute Gasteiger partial charge is 0.744 e. The van der Waals surface area contributed by atoms with Crippen molar-refractivity contribution >= 4 is 38.5 Å². The maximum absolute atomic E-state index is 12.9. The number of rotatable bonds is 10. The van der Waals surface area contributed by atoms with Crippen molar-refractivity contribution in [1.29, 1.82) is 0 Å². The predicted molar refractivity (Wildman–Crippen MR) is 227 cm³/mol. The summed E-state index contributed by atoms with van der Waals surface area (Å²) in [7, 11) is -4.80. The summed E-state index contributed by atoms with van der Waals surface area (Å²) >= 11 is 0. The van der Waals surface area contributed by atoms with E-state index in [0.717, 1.165) is 57.9 Å². The average Bonchev–Trinajstić information content (AvgIpc) is 3.11. The van der Waals surface area contributed by atoms with Crippen LogP contribution in [0.2, 0.25) is 0 Å². The molecular weight excluding hydrogens is 685 g/mol. The van der Waals surface area contributed by atoms with Crippen LogP contribution in [0.15, 0.2) is 82.8 Å². The van der Waals surface area contributed by atoms with Crippen molar-refractivity contribution in [3.05, 3.63) is 145 Å². The molecule has 0 fully saturated rings. The van der Waals surface area contributed by atoms with Gasteiger partial charge in [-0.2, -0.15) is 0 Å². The first-order chi connectivity index (χ1) is 25.4. The van der Waals surface area contributed by atoms with Gasteiger partial charge in [-0.05, 0) is 171 Å². The van der Waals surface area contributed by atoms with Crippen molar-refractivity contribution in [1.82, 2.24) is 0 Å². The second-order valence-corrected chi connectivity index (χ2v) is 17.0. The molecule has 2 N–H and O–H groups in total. The first-order valence-corrected chi connectivity index (χ1v) is 20.7. The van der Waals surface area contributed by atoms with Crippen LogP contribution in [0.1, 0.15) is 114 Å². The van der Waals surface area contributed by atoms with Gasteiger partial charge in [0.15, 0.2) is 0 Å². The number of nitrogens with one attached hydrogen (secondary N) is 2. The van der Waals surface area contributed by atoms with E-state index in [2.05, 4.69) is 142 Å². The molecular formula is C48H58N2O3S. The lowest BCUT2D eigenvalue weighted by Gasteiger charge is -2.24. The molecule has 0 aromatic heterocycles. The van der Waals surface area contributed by atoms with Gasteiger partial charge >= 0.3 is 0 Å². The highest BCUT2D eigenvalue weighted by Crippen LogP contribution is 2.40. The maximum atomic E-state index is 12.9. The Morgan fingerprint density at radius 3 is 2.06 bits per heavy atom. The zero-order chi connectivity index (χ0) is 39.8. The fraction of sp³-hybridized carbons (Fsp3) is 0.354. The quantitative estimate of drug-likeness (QED) is 0.159. The van der Waals surface area contributed by atoms with Gasteiger partial charge in [0.05, 0.1) is 4.90 Å². The molecule has 4 aromatic carbocycles. The number of allylic oxidation sites excluding steroid dienone is 5. The monoisotopic (exact) mass is 742 g/mol. The summed E-state index contributed by atoms with van der Waals surface area (Å²) in [5, 5.41) is 3.81. The molecule has 0 bridgehead atoms. The molecule has 54 heavy (non-hydrogen) atoms. The minimum absolute atomic E-state index is 0.151. The Balaban J connectivity index is 1.79. The van der Waals surface area contributed by atoms with Crippen LogP contribution in [0.4, 0.5) is 17.1 Å². The Bertz CT molecular complexity index is 2370. The van der Waals surface area contributed by atoms with Crippen LogP contribution in [0.25, 0.3) is 5.57 Å². The minimum Gasteiger partial charge on any atom is -0.744 e. The Morgan fingerprint density at radius 1 is 0.759 bits per heavy atom. The summed E-state index contributed by atoms with van der Waals surface area (Å²) in [5.74, 6) is 0.302. The lowest BCUT2D eigenvalue weighted by atomic mass is 9.84. The normalized spacial score (nSPS) is 15.0. The van der Waals surface area contributed by atoms with Crippen molar-refractivity contribution in [2.24, 2.45) is 5.92 Å². The zero-order valence-electron chi connectivity index (χ0n) is 34.6. The second-order valence-electron chi connectivity index (χ2n) is 15.7. The van der Waals surface area contributed by atoms with Crippen molar-refractivity contribution < 1.29 is 18.0 Å². The van der Waals surface area contributed by atoms with E-state index in [9.17, 15) is 13.0 Å². The molecule has 0 aliphatic heterocycles. The van der Waals surface area contributed by atoms with Crippen molar-refractivity contribution in [3.8, 4) is 0 Å². The predicted octanol–water partition coefficient (Wildman–Crippen LogP) is 10.5. The van der Waals surface area contributed by atoms with Crippen LogP contribution in [-0.2, 0) is 23.0 Å². The average molecular weight is 743 g/mol. The zero-order valence-corrected chi connectivity index (χ0v) is 35.4. The van der Waals surface area contributed by atoms with Gasteiger partial charge in [0.2, 0.25) is 11.4 Å². The molecule has 5 rings (SSSR count). The fourth-order valence-electron chi connectivity index (χ4n) is 7.81. The highest BCUT2D eigenvalue weighted by molar-refractivity contribution is 7.85. The van der Waals surface area contributed by atoms with Gasteiger partial charge < -0.3 is 9.87 Å². The van der Waals surface area contributed by atoms with E-state index in [-0.39, 0.29) is 16.7 Å². The van der Waals surface area contributed by atoms with Crippen LogP contribution >= 0.6 is 0 Å². The number of aryl methyl sites for hydroxylation is 5. The van der Waals surface area contributed by atoms with E-state index in [1.807, 2.05) is 13.0 Å². The number of anilines is 2. The fourth-order valence-corrected chi connectivity index (χ4v) is 8.58. The summed E-state index contributed by atoms with van der Waals surface area (Å²) in [6.45, 7) is 27.9. The molecule has 284 valence electrons. The van der Waals surface area contributed by atoms with Gasteiger partial charge in [-0.25, -0.2) is 13.4 Å². The summed E-state index contributed by atoms with van der Waals surface area (Å²) in [5.41, 5.74) is 20.1. The first kappa shape index (κ1) is 40.7. The molecule has 0 saturated carbocycles. The molecule has 0 radical (unpaired) electrons. The highest BCUT2D eigenvalue weighted by atomic mass is 32.2. The van der Waals surface area contributed by atoms with E-state index < -0.39 is 10.1 Å². The highest BCUT2D eigenvalue weighted by Gasteiger charge is 2.26. The summed E-state index contributed by atoms with van der Waals surface area (Å²) < 4.78 is 38.8. The van der Waals surface area contributed by atoms with Crippen LogP contribution in [-0.4, -0.2) is 18.7 Å². The van der Waals surface area contributed by atoms with Gasteiger partial charge in [-0.15, -0.1) is 0 Å². The Kier molecular flexibility index (Phi) is 12.1. The molecule has 6 heteroatoms. The number of benzene rings is 4. The van der Waals surface area contributed by atoms with Crippen molar-refractivity contribution in [2.75, 3.05) is 5.32 Å². The third-order valence-corrected chi connectivity index (χ3v) is 12.1. The van der Waals surface area contributed by atoms with E-state index in [0.29, 0.717) is 16.7 Å². The Hall–Kier alpha value is -4.52. The molecule has 0 unspecified atom stereocenters. The summed E-state index contributed by atoms with van der Waals surface area (Å²) in [4.78, 5) is 3.60. The van der Waals surface area contributed by atoms with Crippen LogP contribution in [0.3, 0.4) is 0 Å². The SMILES string of the molecule is CCc1cc(C)c(C)c(C)c1Nc1ccc(C(=C2C=CC(=[NH+]c3c(C)cc(C)c(C)c3CC)C(C(C)C)=C2)c2ccc(C)cc2S(=O)(=O)[O-])cc1C(C)C. The van der Waals surface area contributed by atoms with Gasteiger partial charge in [0.1, 0.15) is 10.1 Å². The summed E-state index contributed by atoms with van der Waals surface area (Å²) in [6, 6.07) is 16.0. The van der Waals surface area contributed by atoms with Crippen molar-refractivity contribution in [2.45, 2.75) is 114 Å². The van der Waals surface area contributed by atoms with E-state index in [4.69, 9.17) is 0 Å². The van der Waals surface area contributed by atoms with E-state index in [1.54, 1.807) is 6.07 Å². The summed E-state index contributed by atoms with van der Waals surface area (Å²) in [6.07, 6.45) is 8.14. The van der Waals surface area contributed by atoms with Gasteiger partial charge in [0, 0.05) is 39.7 Å². The van der Waals surface area contributed by atoms with Crippen LogP contribution in [0, 0.1) is 54.4 Å². The van der Waals surface area contributed by atoms with E-state index in [1.165, 1.54) is 50.6 Å². The molecule has 4 aromatic rings. The Morgan fingerprint density at radius 2 is 1.44 bits per heavy atom. The molecule has 0 saturated heterocycles. The lowest BCUT2D eigenvalue weighted by Crippen LogP contribution is -2.68. The molecule has 0 amide bonds. The minimum atomic E-state index is -4.80. The molecule has 0 spiro atoms. The second kappa shape index (κ2) is 16.1. The topological polar surface area (TPSA) is 83.2 Å². The van der Waals surface area contributed by atoms with Crippen LogP contribution < -0.4 is 10.3 Å². The smallest absolute Gasteiger partial charge is 0.210 e. The standard InChI is InChI=1S/C48H58N2O3S/c1-14-36-24-31(9)33(11)35(13)48(36)50-44-21-18-38(26-42(44)28(5)6)46(40-19-16-29(7)22-45(40)54(51,52)53)37-17-20-43(41(25-37)27(3)4)49-47-32(10)23-30(8)34(12)39(47)15-2/h16-28,50H,14-15H2,1-13H3,(H,51,52,53). The lowest BCUT2D eigenvalue weighted by molar-refractivity contribution is -0.353. The van der Waals surface area contributed by atoms with Crippen molar-refractivity contribution in [3.63, 3.8) is 0 Å². The maximum Gasteiger partial charge on any atom is 0.210 e. The molecule has 0 atom stereocenters.